The van der Waals surface area contributed by atoms with Gasteiger partial charge in [0.25, 0.3) is 0 Å². The van der Waals surface area contributed by atoms with E-state index in [1.807, 2.05) is 0 Å². The van der Waals surface area contributed by atoms with E-state index in [0.717, 1.165) is 0 Å². The summed E-state index contributed by atoms with van der Waals surface area (Å²) in [5, 5.41) is 7.78. The molecule has 0 heterocycles. The van der Waals surface area contributed by atoms with Gasteiger partial charge in [-0.2, -0.15) is 8.42 Å². The normalized spacial score (nSPS) is 10.1. The molecule has 2 N–H and O–H groups in total. The third-order valence-corrected chi connectivity index (χ3v) is 0.747. The molecule has 0 bridgehead atoms. The molecule has 0 aliphatic heterocycles. The summed E-state index contributed by atoms with van der Waals surface area (Å²) >= 11 is 0. The Morgan fingerprint density at radius 1 is 1.50 bits per heavy atom. The molecule has 0 radical (unpaired) electrons. The summed E-state index contributed by atoms with van der Waals surface area (Å²) in [5.74, 6) is -1.47. The number of carboxylic acid groups (broad SMARTS) is 1. The van der Waals surface area contributed by atoms with Gasteiger partial charge in [0.1, 0.15) is 0 Å². The molecule has 0 unspecified atom stereocenters. The van der Waals surface area contributed by atoms with Crippen LogP contribution in [-0.4, -0.2) is 30.7 Å². The molecule has 0 aromatic rings. The van der Waals surface area contributed by atoms with Crippen LogP contribution in [0.5, 0.6) is 0 Å². The summed E-state index contributed by atoms with van der Waals surface area (Å²) in [4.78, 5) is 9.55. The number of carboxylic acids is 1. The van der Waals surface area contributed by atoms with Gasteiger partial charge in [0, 0.05) is 17.1 Å². The minimum atomic E-state index is -4.60. The van der Waals surface area contributed by atoms with Crippen molar-refractivity contribution in [3.05, 3.63) is 0 Å². The molecule has 0 atom stereocenters. The Kier molecular flexibility index (Phi) is 5.81. The van der Waals surface area contributed by atoms with Gasteiger partial charge in [0.15, 0.2) is 6.61 Å². The van der Waals surface area contributed by atoms with Crippen LogP contribution in [0, 0.1) is 0 Å². The van der Waals surface area contributed by atoms with Gasteiger partial charge in [-0.3, -0.25) is 4.55 Å². The van der Waals surface area contributed by atoms with Crippen LogP contribution < -0.4 is 0 Å². The fourth-order valence-electron chi connectivity index (χ4n) is 0.125. The summed E-state index contributed by atoms with van der Waals surface area (Å²) < 4.78 is 30.4. The van der Waals surface area contributed by atoms with E-state index in [0.29, 0.717) is 0 Å². The molecule has 0 fully saturated rings. The standard InChI is InChI=1S/C2H4O6S.Fe/c3-2(4)1-8-9(5,6)7;/h1H2,(H,3,4)(H,5,6,7);. The van der Waals surface area contributed by atoms with Crippen LogP contribution in [0.2, 0.25) is 0 Å². The van der Waals surface area contributed by atoms with E-state index in [4.69, 9.17) is 9.66 Å². The van der Waals surface area contributed by atoms with Gasteiger partial charge in [-0.1, -0.05) is 0 Å². The number of hydrogen-bond acceptors (Lipinski definition) is 4. The minimum Gasteiger partial charge on any atom is -0.479 e. The molecule has 0 aliphatic carbocycles. The second-order valence-electron chi connectivity index (χ2n) is 1.08. The van der Waals surface area contributed by atoms with Crippen molar-refractivity contribution in [3.8, 4) is 0 Å². The molecular weight excluding hydrogens is 208 g/mol. The van der Waals surface area contributed by atoms with Crippen molar-refractivity contribution in [2.75, 3.05) is 6.61 Å². The molecule has 62 valence electrons. The first-order chi connectivity index (χ1) is 3.92. The summed E-state index contributed by atoms with van der Waals surface area (Å²) in [7, 11) is -4.60. The van der Waals surface area contributed by atoms with Gasteiger partial charge < -0.3 is 5.11 Å². The zero-order valence-electron chi connectivity index (χ0n) is 4.50. The van der Waals surface area contributed by atoms with E-state index in [1.165, 1.54) is 0 Å². The number of rotatable bonds is 3. The Hall–Kier alpha value is -0.141. The summed E-state index contributed by atoms with van der Waals surface area (Å²) in [6.45, 7) is -1.06. The Balaban J connectivity index is 0. The second-order valence-corrected chi connectivity index (χ2v) is 2.17. The van der Waals surface area contributed by atoms with Gasteiger partial charge in [0.2, 0.25) is 0 Å². The SMILES string of the molecule is O=C(O)COS(=O)(=O)O.[Fe]. The van der Waals surface area contributed by atoms with Crippen molar-refractivity contribution in [3.63, 3.8) is 0 Å². The maximum absolute atomic E-state index is 9.61. The fourth-order valence-corrected chi connectivity index (χ4v) is 0.375. The third kappa shape index (κ3) is 10.8. The fraction of sp³-hybridized carbons (Fsp3) is 0.500. The van der Waals surface area contributed by atoms with Crippen LogP contribution in [0.1, 0.15) is 0 Å². The summed E-state index contributed by atoms with van der Waals surface area (Å²) in [5.41, 5.74) is 0. The first kappa shape index (κ1) is 12.5. The average Bonchev–Trinajstić information content (AvgIpc) is 1.59. The van der Waals surface area contributed by atoms with Crippen LogP contribution in [0.15, 0.2) is 0 Å². The van der Waals surface area contributed by atoms with E-state index in [-0.39, 0.29) is 17.1 Å². The zero-order valence-corrected chi connectivity index (χ0v) is 6.42. The van der Waals surface area contributed by atoms with E-state index in [2.05, 4.69) is 4.18 Å². The molecule has 0 amide bonds. The quantitative estimate of drug-likeness (QED) is 0.454. The van der Waals surface area contributed by atoms with Crippen LogP contribution in [0.4, 0.5) is 0 Å². The van der Waals surface area contributed by atoms with Crippen molar-refractivity contribution in [1.82, 2.24) is 0 Å². The van der Waals surface area contributed by atoms with Crippen molar-refractivity contribution in [2.24, 2.45) is 0 Å². The Morgan fingerprint density at radius 3 is 2.00 bits per heavy atom. The van der Waals surface area contributed by atoms with Crippen molar-refractivity contribution in [2.45, 2.75) is 0 Å². The Morgan fingerprint density at radius 2 is 1.90 bits per heavy atom. The van der Waals surface area contributed by atoms with Crippen LogP contribution >= 0.6 is 0 Å². The Bertz CT molecular complexity index is 194. The van der Waals surface area contributed by atoms with Crippen molar-refractivity contribution >= 4 is 16.4 Å². The smallest absolute Gasteiger partial charge is 0.397 e. The van der Waals surface area contributed by atoms with Crippen LogP contribution in [-0.2, 0) is 36.4 Å². The second kappa shape index (κ2) is 4.64. The van der Waals surface area contributed by atoms with Gasteiger partial charge in [-0.25, -0.2) is 8.98 Å². The van der Waals surface area contributed by atoms with Gasteiger partial charge in [-0.05, 0) is 0 Å². The van der Waals surface area contributed by atoms with E-state index in [1.54, 1.807) is 0 Å². The van der Waals surface area contributed by atoms with Crippen LogP contribution in [0.3, 0.4) is 0 Å². The monoisotopic (exact) mass is 212 g/mol. The first-order valence-electron chi connectivity index (χ1n) is 1.75. The predicted octanol–water partition coefficient (Wildman–Crippen LogP) is -1.11. The number of hydrogen-bond donors (Lipinski definition) is 2. The molecule has 0 aromatic carbocycles. The molecule has 0 saturated carbocycles. The first-order valence-corrected chi connectivity index (χ1v) is 3.12. The molecule has 0 spiro atoms. The molecule has 6 nitrogen and oxygen atoms in total. The number of carbonyl (C=O) groups is 1. The largest absolute Gasteiger partial charge is 0.479 e. The van der Waals surface area contributed by atoms with E-state index < -0.39 is 23.0 Å². The third-order valence-electron chi connectivity index (χ3n) is 0.331. The topological polar surface area (TPSA) is 101 Å². The molecule has 10 heavy (non-hydrogen) atoms. The molecule has 0 aromatic heterocycles. The van der Waals surface area contributed by atoms with Crippen molar-refractivity contribution in [1.29, 1.82) is 0 Å². The molecular formula is C2H4FeO6S. The van der Waals surface area contributed by atoms with E-state index >= 15 is 0 Å². The maximum Gasteiger partial charge on any atom is 0.397 e. The van der Waals surface area contributed by atoms with Gasteiger partial charge in [-0.15, -0.1) is 0 Å². The van der Waals surface area contributed by atoms with Gasteiger partial charge >= 0.3 is 16.4 Å². The van der Waals surface area contributed by atoms with Crippen LogP contribution in [0.25, 0.3) is 0 Å². The molecule has 0 aliphatic rings. The minimum absolute atomic E-state index is 0. The zero-order chi connectivity index (χ0) is 7.49. The molecule has 0 saturated heterocycles. The van der Waals surface area contributed by atoms with Crippen molar-refractivity contribution < 1.29 is 44.1 Å². The summed E-state index contributed by atoms with van der Waals surface area (Å²) in [6.07, 6.45) is 0. The molecule has 0 rings (SSSR count). The summed E-state index contributed by atoms with van der Waals surface area (Å²) in [6, 6.07) is 0. The number of aliphatic carboxylic acids is 1. The molecule has 8 heteroatoms. The van der Waals surface area contributed by atoms with Gasteiger partial charge in [0.05, 0.1) is 0 Å². The average molecular weight is 212 g/mol. The Labute approximate surface area is 67.6 Å². The van der Waals surface area contributed by atoms with E-state index in [9.17, 15) is 13.2 Å². The predicted molar refractivity (Wildman–Crippen MR) is 25.1 cm³/mol. The maximum atomic E-state index is 9.61.